The van der Waals surface area contributed by atoms with E-state index < -0.39 is 0 Å². The fraction of sp³-hybridized carbons (Fsp3) is 0.692. The number of rotatable bonds is 4. The Morgan fingerprint density at radius 2 is 2.39 bits per heavy atom. The maximum Gasteiger partial charge on any atom is 0.125 e. The summed E-state index contributed by atoms with van der Waals surface area (Å²) in [6.07, 6.45) is 1.79. The SMILES string of the molecule is COCCN1CCOC(C)(c2ccnc(C)n2)C1. The summed E-state index contributed by atoms with van der Waals surface area (Å²) in [6.45, 7) is 8.18. The second kappa shape index (κ2) is 5.73. The Morgan fingerprint density at radius 1 is 1.56 bits per heavy atom. The monoisotopic (exact) mass is 251 g/mol. The highest BCUT2D eigenvalue weighted by molar-refractivity contribution is 5.13. The van der Waals surface area contributed by atoms with Crippen LogP contribution in [-0.4, -0.2) is 54.8 Å². The highest BCUT2D eigenvalue weighted by atomic mass is 16.5. The van der Waals surface area contributed by atoms with Crippen LogP contribution in [0.1, 0.15) is 18.4 Å². The zero-order valence-electron chi connectivity index (χ0n) is 11.3. The minimum absolute atomic E-state index is 0.348. The molecule has 0 N–H and O–H groups in total. The van der Waals surface area contributed by atoms with Crippen LogP contribution in [0.4, 0.5) is 0 Å². The first kappa shape index (κ1) is 13.4. The van der Waals surface area contributed by atoms with E-state index in [9.17, 15) is 0 Å². The molecule has 0 spiro atoms. The van der Waals surface area contributed by atoms with E-state index in [4.69, 9.17) is 9.47 Å². The fourth-order valence-corrected chi connectivity index (χ4v) is 2.27. The number of aromatic nitrogens is 2. The van der Waals surface area contributed by atoms with Gasteiger partial charge >= 0.3 is 0 Å². The molecule has 1 unspecified atom stereocenters. The Morgan fingerprint density at radius 3 is 3.11 bits per heavy atom. The van der Waals surface area contributed by atoms with E-state index >= 15 is 0 Å². The van der Waals surface area contributed by atoms with Gasteiger partial charge in [0.1, 0.15) is 11.4 Å². The summed E-state index contributed by atoms with van der Waals surface area (Å²) in [6, 6.07) is 1.94. The minimum Gasteiger partial charge on any atom is -0.383 e. The van der Waals surface area contributed by atoms with Gasteiger partial charge in [-0.3, -0.25) is 4.90 Å². The molecule has 1 saturated heterocycles. The Kier molecular flexibility index (Phi) is 4.27. The van der Waals surface area contributed by atoms with Crippen LogP contribution in [0.15, 0.2) is 12.3 Å². The molecule has 0 radical (unpaired) electrons. The molecular formula is C13H21N3O2. The van der Waals surface area contributed by atoms with Crippen molar-refractivity contribution in [3.63, 3.8) is 0 Å². The zero-order chi connectivity index (χ0) is 13.0. The molecule has 0 saturated carbocycles. The van der Waals surface area contributed by atoms with Gasteiger partial charge in [-0.25, -0.2) is 9.97 Å². The van der Waals surface area contributed by atoms with Crippen LogP contribution in [0.5, 0.6) is 0 Å². The fourth-order valence-electron chi connectivity index (χ4n) is 2.27. The summed E-state index contributed by atoms with van der Waals surface area (Å²) in [5.41, 5.74) is 0.608. The summed E-state index contributed by atoms with van der Waals surface area (Å²) in [4.78, 5) is 11.0. The van der Waals surface area contributed by atoms with Crippen molar-refractivity contribution >= 4 is 0 Å². The van der Waals surface area contributed by atoms with Gasteiger partial charge in [-0.2, -0.15) is 0 Å². The molecule has 2 rings (SSSR count). The van der Waals surface area contributed by atoms with E-state index in [2.05, 4.69) is 21.8 Å². The van der Waals surface area contributed by atoms with Crippen LogP contribution in [0, 0.1) is 6.92 Å². The van der Waals surface area contributed by atoms with E-state index in [0.29, 0.717) is 0 Å². The van der Waals surface area contributed by atoms with Gasteiger partial charge in [-0.1, -0.05) is 0 Å². The van der Waals surface area contributed by atoms with E-state index in [1.54, 1.807) is 13.3 Å². The van der Waals surface area contributed by atoms with Crippen LogP contribution < -0.4 is 0 Å². The molecular weight excluding hydrogens is 230 g/mol. The Labute approximate surface area is 108 Å². The number of aryl methyl sites for hydroxylation is 1. The van der Waals surface area contributed by atoms with Crippen molar-refractivity contribution in [2.24, 2.45) is 0 Å². The van der Waals surface area contributed by atoms with Gasteiger partial charge < -0.3 is 9.47 Å². The molecule has 0 aliphatic carbocycles. The molecule has 1 aromatic heterocycles. The van der Waals surface area contributed by atoms with Crippen LogP contribution in [0.2, 0.25) is 0 Å². The van der Waals surface area contributed by atoms with E-state index in [0.717, 1.165) is 44.4 Å². The largest absolute Gasteiger partial charge is 0.383 e. The van der Waals surface area contributed by atoms with Crippen LogP contribution in [-0.2, 0) is 15.1 Å². The van der Waals surface area contributed by atoms with E-state index in [-0.39, 0.29) is 5.60 Å². The van der Waals surface area contributed by atoms with E-state index in [1.165, 1.54) is 0 Å². The standard InChI is InChI=1S/C13H21N3O2/c1-11-14-5-4-12(15-11)13(2)10-16(6-8-17-3)7-9-18-13/h4-5H,6-10H2,1-3H3. The van der Waals surface area contributed by atoms with Crippen molar-refractivity contribution in [2.75, 3.05) is 40.0 Å². The number of hydrogen-bond acceptors (Lipinski definition) is 5. The van der Waals surface area contributed by atoms with Gasteiger partial charge in [0.05, 0.1) is 18.9 Å². The summed E-state index contributed by atoms with van der Waals surface area (Å²) < 4.78 is 11.1. The summed E-state index contributed by atoms with van der Waals surface area (Å²) >= 11 is 0. The minimum atomic E-state index is -0.348. The van der Waals surface area contributed by atoms with Crippen molar-refractivity contribution in [3.8, 4) is 0 Å². The lowest BCUT2D eigenvalue weighted by molar-refractivity contribution is -0.108. The number of hydrogen-bond donors (Lipinski definition) is 0. The predicted octanol–water partition coefficient (Wildman–Crippen LogP) is 0.979. The maximum atomic E-state index is 5.94. The van der Waals surface area contributed by atoms with Crippen LogP contribution >= 0.6 is 0 Å². The van der Waals surface area contributed by atoms with Crippen molar-refractivity contribution in [3.05, 3.63) is 23.8 Å². The summed E-state index contributed by atoms with van der Waals surface area (Å²) in [5.74, 6) is 0.784. The molecule has 100 valence electrons. The highest BCUT2D eigenvalue weighted by Gasteiger charge is 2.35. The first-order chi connectivity index (χ1) is 8.64. The first-order valence-electron chi connectivity index (χ1n) is 6.29. The Bertz CT molecular complexity index is 400. The number of nitrogens with zero attached hydrogens (tertiary/aromatic N) is 3. The molecule has 1 aliphatic heterocycles. The van der Waals surface area contributed by atoms with Gasteiger partial charge in [-0.05, 0) is 19.9 Å². The normalized spacial score (nSPS) is 25.3. The maximum absolute atomic E-state index is 5.94. The molecule has 1 atom stereocenters. The van der Waals surface area contributed by atoms with Crippen molar-refractivity contribution in [1.82, 2.24) is 14.9 Å². The lowest BCUT2D eigenvalue weighted by Crippen LogP contribution is -2.49. The molecule has 0 aromatic carbocycles. The van der Waals surface area contributed by atoms with Crippen molar-refractivity contribution < 1.29 is 9.47 Å². The van der Waals surface area contributed by atoms with Crippen molar-refractivity contribution in [2.45, 2.75) is 19.4 Å². The highest BCUT2D eigenvalue weighted by Crippen LogP contribution is 2.27. The lowest BCUT2D eigenvalue weighted by Gasteiger charge is -2.40. The van der Waals surface area contributed by atoms with Gasteiger partial charge in [0, 0.05) is 32.9 Å². The molecule has 18 heavy (non-hydrogen) atoms. The third-order valence-corrected chi connectivity index (χ3v) is 3.28. The third kappa shape index (κ3) is 3.04. The summed E-state index contributed by atoms with van der Waals surface area (Å²) in [7, 11) is 1.73. The van der Waals surface area contributed by atoms with Crippen LogP contribution in [0.3, 0.4) is 0 Å². The third-order valence-electron chi connectivity index (χ3n) is 3.28. The van der Waals surface area contributed by atoms with Gasteiger partial charge in [0.15, 0.2) is 0 Å². The molecule has 1 aromatic rings. The molecule has 0 amide bonds. The molecule has 5 nitrogen and oxygen atoms in total. The topological polar surface area (TPSA) is 47.5 Å². The quantitative estimate of drug-likeness (QED) is 0.798. The molecule has 1 aliphatic rings. The second-order valence-corrected chi connectivity index (χ2v) is 4.84. The average Bonchev–Trinajstić information content (AvgIpc) is 2.36. The lowest BCUT2D eigenvalue weighted by atomic mass is 9.99. The van der Waals surface area contributed by atoms with Gasteiger partial charge in [-0.15, -0.1) is 0 Å². The smallest absolute Gasteiger partial charge is 0.125 e. The van der Waals surface area contributed by atoms with Gasteiger partial charge in [0.25, 0.3) is 0 Å². The number of morpholine rings is 1. The van der Waals surface area contributed by atoms with Gasteiger partial charge in [0.2, 0.25) is 0 Å². The molecule has 1 fully saturated rings. The molecule has 5 heteroatoms. The first-order valence-corrected chi connectivity index (χ1v) is 6.29. The Balaban J connectivity index is 2.10. The number of methoxy groups -OCH3 is 1. The zero-order valence-corrected chi connectivity index (χ0v) is 11.3. The Hall–Kier alpha value is -1.04. The molecule has 0 bridgehead atoms. The van der Waals surface area contributed by atoms with Crippen LogP contribution in [0.25, 0.3) is 0 Å². The number of ether oxygens (including phenoxy) is 2. The predicted molar refractivity (Wildman–Crippen MR) is 68.4 cm³/mol. The van der Waals surface area contributed by atoms with Crippen molar-refractivity contribution in [1.29, 1.82) is 0 Å². The molecule has 2 heterocycles. The summed E-state index contributed by atoms with van der Waals surface area (Å²) in [5, 5.41) is 0. The average molecular weight is 251 g/mol. The van der Waals surface area contributed by atoms with E-state index in [1.807, 2.05) is 13.0 Å². The second-order valence-electron chi connectivity index (χ2n) is 4.84.